The van der Waals surface area contributed by atoms with Crippen molar-refractivity contribution < 1.29 is 34.4 Å². The molecule has 1 aromatic rings. The van der Waals surface area contributed by atoms with Crippen molar-refractivity contribution in [3.05, 3.63) is 53.9 Å². The first kappa shape index (κ1) is 26.3. The van der Waals surface area contributed by atoms with Gasteiger partial charge in [-0.25, -0.2) is 4.79 Å². The van der Waals surface area contributed by atoms with E-state index in [-0.39, 0.29) is 29.8 Å². The third kappa shape index (κ3) is 7.32. The summed E-state index contributed by atoms with van der Waals surface area (Å²) in [5.74, 6) is -1.66. The predicted octanol–water partition coefficient (Wildman–Crippen LogP) is 0.796. The van der Waals surface area contributed by atoms with Gasteiger partial charge in [-0.15, -0.1) is 0 Å². The first-order chi connectivity index (χ1) is 16.8. The first-order valence-corrected chi connectivity index (χ1v) is 11.6. The highest BCUT2D eigenvalue weighted by Crippen LogP contribution is 2.31. The molecule has 0 saturated carbocycles. The Morgan fingerprint density at radius 1 is 1.14 bits per heavy atom. The Bertz CT molecular complexity index is 984. The number of phenolic OH excluding ortho intramolecular Hbond substituents is 1. The number of cyclic esters (lactones) is 1. The van der Waals surface area contributed by atoms with Gasteiger partial charge >= 0.3 is 5.97 Å². The minimum atomic E-state index is -1.58. The molecule has 4 atom stereocenters. The van der Waals surface area contributed by atoms with E-state index in [1.54, 1.807) is 19.9 Å². The number of aliphatic hydroxyl groups is 2. The molecule has 10 nitrogen and oxygen atoms in total. The number of phenols is 1. The van der Waals surface area contributed by atoms with Gasteiger partial charge in [-0.2, -0.15) is 0 Å². The quantitative estimate of drug-likeness (QED) is 0.251. The van der Waals surface area contributed by atoms with Crippen LogP contribution in [0.25, 0.3) is 6.08 Å². The molecule has 6 N–H and O–H groups in total. The molecule has 2 aliphatic heterocycles. The molecule has 3 unspecified atom stereocenters. The monoisotopic (exact) mass is 487 g/mol. The lowest BCUT2D eigenvalue weighted by atomic mass is 9.99. The number of ether oxygens (including phenoxy) is 2. The van der Waals surface area contributed by atoms with Gasteiger partial charge in [-0.1, -0.05) is 25.2 Å². The van der Waals surface area contributed by atoms with Crippen molar-refractivity contribution in [1.29, 1.82) is 0 Å². The van der Waals surface area contributed by atoms with Crippen LogP contribution < -0.4 is 20.7 Å². The Kier molecular flexibility index (Phi) is 9.30. The fourth-order valence-corrected chi connectivity index (χ4v) is 3.53. The van der Waals surface area contributed by atoms with Crippen LogP contribution in [0.4, 0.5) is 0 Å². The zero-order valence-corrected chi connectivity index (χ0v) is 19.8. The number of carbonyl (C=O) groups is 2. The maximum atomic E-state index is 12.9. The van der Waals surface area contributed by atoms with Crippen LogP contribution >= 0.6 is 0 Å². The van der Waals surface area contributed by atoms with E-state index >= 15 is 0 Å². The van der Waals surface area contributed by atoms with Crippen molar-refractivity contribution in [3.8, 4) is 11.5 Å². The van der Waals surface area contributed by atoms with Crippen LogP contribution in [0.15, 0.2) is 42.8 Å². The second-order valence-corrected chi connectivity index (χ2v) is 8.56. The maximum absolute atomic E-state index is 12.9. The van der Waals surface area contributed by atoms with Crippen LogP contribution in [0.5, 0.6) is 11.5 Å². The van der Waals surface area contributed by atoms with E-state index in [0.717, 1.165) is 0 Å². The van der Waals surface area contributed by atoms with E-state index in [0.29, 0.717) is 31.0 Å². The lowest BCUT2D eigenvalue weighted by Crippen LogP contribution is -2.41. The van der Waals surface area contributed by atoms with Crippen molar-refractivity contribution >= 4 is 17.8 Å². The predicted molar refractivity (Wildman–Crippen MR) is 130 cm³/mol. The van der Waals surface area contributed by atoms with Gasteiger partial charge in [0.2, 0.25) is 0 Å². The van der Waals surface area contributed by atoms with Crippen LogP contribution in [-0.4, -0.2) is 71.2 Å². The van der Waals surface area contributed by atoms with Gasteiger partial charge in [-0.05, 0) is 31.1 Å². The van der Waals surface area contributed by atoms with E-state index in [9.17, 15) is 24.9 Å². The third-order valence-electron chi connectivity index (χ3n) is 5.83. The molecule has 0 saturated heterocycles. The van der Waals surface area contributed by atoms with Crippen molar-refractivity contribution in [3.63, 3.8) is 0 Å². The van der Waals surface area contributed by atoms with Crippen molar-refractivity contribution in [1.82, 2.24) is 16.0 Å². The molecule has 0 aliphatic carbocycles. The number of aromatic hydroxyl groups is 1. The second kappa shape index (κ2) is 12.4. The minimum absolute atomic E-state index is 0.0381. The van der Waals surface area contributed by atoms with Crippen molar-refractivity contribution in [2.75, 3.05) is 19.7 Å². The van der Waals surface area contributed by atoms with Gasteiger partial charge in [-0.3, -0.25) is 4.79 Å². The number of hydrogen-bond donors (Lipinski definition) is 6. The van der Waals surface area contributed by atoms with Crippen LogP contribution in [0.1, 0.15) is 36.2 Å². The second-order valence-electron chi connectivity index (χ2n) is 8.56. The fourth-order valence-electron chi connectivity index (χ4n) is 3.53. The van der Waals surface area contributed by atoms with Crippen LogP contribution in [0.3, 0.4) is 0 Å². The average molecular weight is 488 g/mol. The molecule has 2 aliphatic rings. The summed E-state index contributed by atoms with van der Waals surface area (Å²) in [6.07, 6.45) is 5.92. The summed E-state index contributed by atoms with van der Waals surface area (Å²) in [5, 5.41) is 40.4. The lowest BCUT2D eigenvalue weighted by Gasteiger charge is -2.20. The Morgan fingerprint density at radius 3 is 2.63 bits per heavy atom. The summed E-state index contributed by atoms with van der Waals surface area (Å²) in [6, 6.07) is 2.94. The van der Waals surface area contributed by atoms with Crippen LogP contribution in [0, 0.1) is 5.92 Å². The largest absolute Gasteiger partial charge is 0.507 e. The molecule has 0 amide bonds. The maximum Gasteiger partial charge on any atom is 0.342 e. The first-order valence-electron chi connectivity index (χ1n) is 11.6. The topological polar surface area (TPSA) is 149 Å². The molecule has 0 fully saturated rings. The molecule has 35 heavy (non-hydrogen) atoms. The molecule has 10 heteroatoms. The Hall–Kier alpha value is -3.34. The van der Waals surface area contributed by atoms with E-state index in [1.165, 1.54) is 30.4 Å². The number of nitrogens with one attached hydrogen (secondary N) is 3. The molecule has 1 aromatic carbocycles. The number of carbonyl (C=O) groups excluding carboxylic acids is 2. The number of fused-ring (bicyclic) bond motifs is 1. The van der Waals surface area contributed by atoms with Crippen molar-refractivity contribution in [2.24, 2.45) is 5.92 Å². The number of ketones is 1. The number of rotatable bonds is 6. The van der Waals surface area contributed by atoms with Gasteiger partial charge in [0.25, 0.3) is 0 Å². The standard InChI is InChI=1S/C25H33N3O7/c1-15-6-7-20(30)24(32)19(29)5-3-4-17-12-18(13-21(31)23(17)25(33)35-16(15)2)34-11-10-26-14-22-27-8-9-28-22/h3-4,6-9,12-13,15-16,19,22,24,26-29,31-32H,5,10-11,14H2,1-2H3/b4-3+,7-6-/t15-,16?,19?,24?/m1/s1. The van der Waals surface area contributed by atoms with Gasteiger partial charge < -0.3 is 40.7 Å². The van der Waals surface area contributed by atoms with E-state index < -0.39 is 30.1 Å². The summed E-state index contributed by atoms with van der Waals surface area (Å²) in [7, 11) is 0. The molecule has 190 valence electrons. The van der Waals surface area contributed by atoms with Crippen LogP contribution in [0.2, 0.25) is 0 Å². The molecule has 0 aromatic heterocycles. The van der Waals surface area contributed by atoms with E-state index in [2.05, 4.69) is 16.0 Å². The third-order valence-corrected chi connectivity index (χ3v) is 5.83. The molecule has 3 rings (SSSR count). The highest BCUT2D eigenvalue weighted by atomic mass is 16.5. The molecular formula is C25H33N3O7. The highest BCUT2D eigenvalue weighted by Gasteiger charge is 2.25. The Morgan fingerprint density at radius 2 is 1.89 bits per heavy atom. The summed E-state index contributed by atoms with van der Waals surface area (Å²) < 4.78 is 11.3. The number of aliphatic hydroxyl groups excluding tert-OH is 2. The Balaban J connectivity index is 1.76. The smallest absolute Gasteiger partial charge is 0.342 e. The van der Waals surface area contributed by atoms with Gasteiger partial charge in [0, 0.05) is 37.5 Å². The molecule has 2 heterocycles. The van der Waals surface area contributed by atoms with E-state index in [4.69, 9.17) is 9.47 Å². The minimum Gasteiger partial charge on any atom is -0.507 e. The molecule has 0 radical (unpaired) electrons. The average Bonchev–Trinajstić information content (AvgIpc) is 3.34. The number of esters is 1. The SMILES string of the molecule is CC1OC(=O)c2c(O)cc(OCCNCC3NC=CN3)cc2/C=C/CC(O)C(O)C(=O)/C=C\[C@H]1C. The van der Waals surface area contributed by atoms with Gasteiger partial charge in [0.05, 0.1) is 6.10 Å². The zero-order chi connectivity index (χ0) is 25.4. The van der Waals surface area contributed by atoms with Gasteiger partial charge in [0.15, 0.2) is 5.78 Å². The zero-order valence-electron chi connectivity index (χ0n) is 19.8. The van der Waals surface area contributed by atoms with Crippen molar-refractivity contribution in [2.45, 2.75) is 44.7 Å². The summed E-state index contributed by atoms with van der Waals surface area (Å²) in [6.45, 7) is 4.97. The lowest BCUT2D eigenvalue weighted by molar-refractivity contribution is -0.127. The van der Waals surface area contributed by atoms with Crippen LogP contribution in [-0.2, 0) is 9.53 Å². The Labute approximate surface area is 204 Å². The summed E-state index contributed by atoms with van der Waals surface area (Å²) in [4.78, 5) is 25.0. The number of hydrogen-bond acceptors (Lipinski definition) is 10. The van der Waals surface area contributed by atoms with Gasteiger partial charge in [0.1, 0.15) is 42.0 Å². The highest BCUT2D eigenvalue weighted by molar-refractivity contribution is 5.97. The normalized spacial score (nSPS) is 27.2. The molecular weight excluding hydrogens is 454 g/mol. The number of benzene rings is 1. The molecule has 0 spiro atoms. The molecule has 0 bridgehead atoms. The van der Waals surface area contributed by atoms with E-state index in [1.807, 2.05) is 12.4 Å². The summed E-state index contributed by atoms with van der Waals surface area (Å²) in [5.41, 5.74) is 0.285. The summed E-state index contributed by atoms with van der Waals surface area (Å²) >= 11 is 0. The fraction of sp³-hybridized carbons (Fsp3) is 0.440.